The van der Waals surface area contributed by atoms with Crippen LogP contribution in [-0.2, 0) is 16.6 Å². The highest BCUT2D eigenvalue weighted by molar-refractivity contribution is 5.88. The molecular weight excluding hydrogens is 733 g/mol. The van der Waals surface area contributed by atoms with Gasteiger partial charge in [0.05, 0.1) is 22.7 Å². The molecule has 0 spiro atoms. The Bertz CT molecular complexity index is 2310. The number of pyridine rings is 1. The molecule has 1 fully saturated rings. The summed E-state index contributed by atoms with van der Waals surface area (Å²) in [5, 5.41) is 12.7. The van der Waals surface area contributed by atoms with Crippen LogP contribution in [0.5, 0.6) is 0 Å². The monoisotopic (exact) mass is 797 g/mol. The number of hydrogen-bond donors (Lipinski definition) is 2. The molecule has 0 unspecified atom stereocenters. The lowest BCUT2D eigenvalue weighted by Crippen LogP contribution is -2.27. The maximum Gasteiger partial charge on any atom is 0.305 e. The molecule has 1 aromatic carbocycles. The Morgan fingerprint density at radius 1 is 1.03 bits per heavy atom. The fourth-order valence-corrected chi connectivity index (χ4v) is 7.35. The van der Waals surface area contributed by atoms with Gasteiger partial charge in [-0.1, -0.05) is 100 Å². The van der Waals surface area contributed by atoms with E-state index in [1.807, 2.05) is 63.5 Å². The normalized spacial score (nSPS) is 14.1. The van der Waals surface area contributed by atoms with E-state index in [0.717, 1.165) is 84.2 Å². The number of allylic oxidation sites excluding steroid dienone is 5. The summed E-state index contributed by atoms with van der Waals surface area (Å²) in [4.78, 5) is 30.9. The van der Waals surface area contributed by atoms with E-state index < -0.39 is 0 Å². The van der Waals surface area contributed by atoms with Crippen LogP contribution < -0.4 is 16.2 Å². The van der Waals surface area contributed by atoms with Crippen molar-refractivity contribution < 1.29 is 9.53 Å². The number of carbonyl (C=O) groups excluding carboxylic acids is 1. The maximum absolute atomic E-state index is 13.8. The van der Waals surface area contributed by atoms with Gasteiger partial charge in [0, 0.05) is 65.7 Å². The van der Waals surface area contributed by atoms with Crippen molar-refractivity contribution >= 4 is 28.1 Å². The van der Waals surface area contributed by atoms with E-state index in [1.54, 1.807) is 22.3 Å². The first kappa shape index (κ1) is 44.5. The molecule has 9 nitrogen and oxygen atoms in total. The second-order valence-corrected chi connectivity index (χ2v) is 16.0. The first-order chi connectivity index (χ1) is 28.5. The fourth-order valence-electron chi connectivity index (χ4n) is 7.35. The number of rotatable bonds is 23. The molecule has 2 N–H and O–H groups in total. The zero-order valence-corrected chi connectivity index (χ0v) is 36.0. The summed E-state index contributed by atoms with van der Waals surface area (Å²) in [5.74, 6) is 6.30. The molecule has 0 amide bonds. The molecule has 5 rings (SSSR count). The molecule has 3 heterocycles. The third-order valence-electron chi connectivity index (χ3n) is 11.2. The average molecular weight is 797 g/mol. The summed E-state index contributed by atoms with van der Waals surface area (Å²) >= 11 is 0. The summed E-state index contributed by atoms with van der Waals surface area (Å²) in [6.07, 6.45) is 29.6. The van der Waals surface area contributed by atoms with Crippen LogP contribution in [0, 0.1) is 24.2 Å². The standard InChI is InChI=1S/C50H64N6O3/c1-8-9-10-11-12-13-14-15-16-17-18-19-20-21-22-27-45(57)59-36-50(30-31-50)41(6)52-35-37(2)28-29-42-25-23-26-43-34-44(55(7)49(58)47(42)43)38(3)53-39(4)46-40(5)54-56-33-24-32-51-48(46)56/h12-13,15-16,23-26,32-35,38,52-53H,4,6,8-11,14,17-22,27,30-31,36H2,1-3,5,7H3/b13-12-,16-15-,37-35+/t38-/m0/s1. The van der Waals surface area contributed by atoms with Gasteiger partial charge in [-0.25, -0.2) is 9.50 Å². The summed E-state index contributed by atoms with van der Waals surface area (Å²) in [7, 11) is 1.79. The lowest BCUT2D eigenvalue weighted by Gasteiger charge is -2.21. The molecule has 0 aliphatic heterocycles. The van der Waals surface area contributed by atoms with E-state index in [4.69, 9.17) is 4.74 Å². The molecular formula is C50H64N6O3. The predicted molar refractivity (Wildman–Crippen MR) is 242 cm³/mol. The molecule has 3 aromatic heterocycles. The van der Waals surface area contributed by atoms with Crippen LogP contribution in [0.1, 0.15) is 139 Å². The number of carbonyl (C=O) groups is 1. The van der Waals surface area contributed by atoms with E-state index in [-0.39, 0.29) is 23.0 Å². The van der Waals surface area contributed by atoms with Crippen LogP contribution in [0.25, 0.3) is 22.1 Å². The number of aryl methyl sites for hydroxylation is 1. The van der Waals surface area contributed by atoms with Crippen molar-refractivity contribution in [1.29, 1.82) is 0 Å². The van der Waals surface area contributed by atoms with Crippen molar-refractivity contribution in [2.24, 2.45) is 12.5 Å². The number of aromatic nitrogens is 4. The highest BCUT2D eigenvalue weighted by Crippen LogP contribution is 2.50. The Morgan fingerprint density at radius 3 is 2.51 bits per heavy atom. The molecule has 4 aromatic rings. The van der Waals surface area contributed by atoms with E-state index >= 15 is 0 Å². The minimum atomic E-state index is -0.237. The quantitative estimate of drug-likeness (QED) is 0.0333. The van der Waals surface area contributed by atoms with Crippen molar-refractivity contribution in [3.63, 3.8) is 0 Å². The Morgan fingerprint density at radius 2 is 1.76 bits per heavy atom. The van der Waals surface area contributed by atoms with E-state index in [9.17, 15) is 9.59 Å². The third kappa shape index (κ3) is 12.4. The van der Waals surface area contributed by atoms with Gasteiger partial charge in [-0.2, -0.15) is 5.10 Å². The van der Waals surface area contributed by atoms with Gasteiger partial charge in [-0.15, -0.1) is 0 Å². The zero-order chi connectivity index (χ0) is 42.2. The Hall–Kier alpha value is -5.62. The summed E-state index contributed by atoms with van der Waals surface area (Å²) in [6, 6.07) is 9.39. The summed E-state index contributed by atoms with van der Waals surface area (Å²) in [6.45, 7) is 17.0. The number of esters is 1. The molecule has 1 aliphatic carbocycles. The zero-order valence-electron chi connectivity index (χ0n) is 36.0. The predicted octanol–water partition coefficient (Wildman–Crippen LogP) is 10.7. The Labute approximate surface area is 351 Å². The smallest absolute Gasteiger partial charge is 0.305 e. The minimum absolute atomic E-state index is 0.121. The number of nitrogens with zero attached hydrogens (tertiary/aromatic N) is 4. The molecule has 1 atom stereocenters. The molecule has 59 heavy (non-hydrogen) atoms. The third-order valence-corrected chi connectivity index (χ3v) is 11.2. The first-order valence-electron chi connectivity index (χ1n) is 21.5. The van der Waals surface area contributed by atoms with Crippen molar-refractivity contribution in [2.45, 2.75) is 124 Å². The van der Waals surface area contributed by atoms with Gasteiger partial charge in [0.2, 0.25) is 0 Å². The van der Waals surface area contributed by atoms with Crippen molar-refractivity contribution in [3.05, 3.63) is 131 Å². The van der Waals surface area contributed by atoms with Gasteiger partial charge in [0.1, 0.15) is 6.61 Å². The maximum atomic E-state index is 13.8. The van der Waals surface area contributed by atoms with Crippen LogP contribution in [0.15, 0.2) is 102 Å². The molecule has 312 valence electrons. The number of fused-ring (bicyclic) bond motifs is 2. The molecule has 1 aliphatic rings. The fraction of sp³-hybridized carbons (Fsp3) is 0.440. The molecule has 0 radical (unpaired) electrons. The molecule has 9 heteroatoms. The average Bonchev–Trinajstić information content (AvgIpc) is 3.95. The first-order valence-corrected chi connectivity index (χ1v) is 21.5. The van der Waals surface area contributed by atoms with E-state index in [0.29, 0.717) is 29.7 Å². The largest absolute Gasteiger partial charge is 0.465 e. The van der Waals surface area contributed by atoms with E-state index in [2.05, 4.69) is 76.9 Å². The van der Waals surface area contributed by atoms with Gasteiger partial charge >= 0.3 is 5.97 Å². The SMILES string of the molecule is C=C(N[C@@H](C)c1cc2cccc(C#C/C(C)=C/NC(=C)C3(COC(=O)CCCCCCC/C=C\C/C=C\CCCCC)CC3)c2c(=O)n1C)c1c(C)nn2cccnc12. The second kappa shape index (κ2) is 21.9. The molecule has 0 saturated heterocycles. The van der Waals surface area contributed by atoms with Crippen LogP contribution in [-0.4, -0.2) is 31.7 Å². The van der Waals surface area contributed by atoms with Gasteiger partial charge in [0.15, 0.2) is 5.65 Å². The Kier molecular flexibility index (Phi) is 16.5. The minimum Gasteiger partial charge on any atom is -0.465 e. The van der Waals surface area contributed by atoms with Crippen LogP contribution in [0.3, 0.4) is 0 Å². The van der Waals surface area contributed by atoms with Crippen LogP contribution in [0.4, 0.5) is 0 Å². The topological polar surface area (TPSA) is 103 Å². The van der Waals surface area contributed by atoms with Crippen LogP contribution in [0.2, 0.25) is 0 Å². The van der Waals surface area contributed by atoms with Gasteiger partial charge < -0.3 is 19.9 Å². The number of hydrogen-bond acceptors (Lipinski definition) is 7. The van der Waals surface area contributed by atoms with Crippen molar-refractivity contribution in [1.82, 2.24) is 29.8 Å². The van der Waals surface area contributed by atoms with Gasteiger partial charge in [-0.3, -0.25) is 9.59 Å². The van der Waals surface area contributed by atoms with E-state index in [1.165, 1.54) is 38.5 Å². The Balaban J connectivity index is 1.06. The number of unbranched alkanes of at least 4 members (excludes halogenated alkanes) is 8. The lowest BCUT2D eigenvalue weighted by atomic mass is 10.0. The number of benzene rings is 1. The van der Waals surface area contributed by atoms with Crippen LogP contribution >= 0.6 is 0 Å². The summed E-state index contributed by atoms with van der Waals surface area (Å²) < 4.78 is 9.13. The lowest BCUT2D eigenvalue weighted by molar-refractivity contribution is -0.145. The van der Waals surface area contributed by atoms with Gasteiger partial charge in [-0.05, 0) is 95.7 Å². The summed E-state index contributed by atoms with van der Waals surface area (Å²) in [5.41, 5.74) is 5.81. The van der Waals surface area contributed by atoms with Gasteiger partial charge in [0.25, 0.3) is 5.56 Å². The number of nitrogens with one attached hydrogen (secondary N) is 2. The highest BCUT2D eigenvalue weighted by atomic mass is 16.5. The molecule has 0 bridgehead atoms. The second-order valence-electron chi connectivity index (χ2n) is 16.0. The number of ether oxygens (including phenoxy) is 1. The molecule has 1 saturated carbocycles. The van der Waals surface area contributed by atoms with Crippen molar-refractivity contribution in [2.75, 3.05) is 6.61 Å². The van der Waals surface area contributed by atoms with Crippen molar-refractivity contribution in [3.8, 4) is 11.8 Å². The highest BCUT2D eigenvalue weighted by Gasteiger charge is 2.46.